The van der Waals surface area contributed by atoms with Gasteiger partial charge in [-0.3, -0.25) is 9.59 Å². The Hall–Kier alpha value is -2.93. The molecule has 1 unspecified atom stereocenters. The molecular weight excluding hydrogens is 336 g/mol. The second-order valence-electron chi connectivity index (χ2n) is 6.11. The number of carbonyl (C=O) groups excluding carboxylic acids is 2. The first kappa shape index (κ1) is 17.9. The molecule has 1 aliphatic rings. The summed E-state index contributed by atoms with van der Waals surface area (Å²) < 4.78 is 10.8. The van der Waals surface area contributed by atoms with Crippen molar-refractivity contribution in [3.8, 4) is 0 Å². The van der Waals surface area contributed by atoms with Crippen LogP contribution < -0.4 is 16.3 Å². The second-order valence-corrected chi connectivity index (χ2v) is 6.11. The van der Waals surface area contributed by atoms with Crippen LogP contribution in [0.5, 0.6) is 0 Å². The van der Waals surface area contributed by atoms with E-state index in [1.807, 2.05) is 0 Å². The van der Waals surface area contributed by atoms with Gasteiger partial charge in [-0.15, -0.1) is 0 Å². The Balaban J connectivity index is 1.84. The highest BCUT2D eigenvalue weighted by molar-refractivity contribution is 6.05. The van der Waals surface area contributed by atoms with Crippen molar-refractivity contribution in [1.82, 2.24) is 5.32 Å². The van der Waals surface area contributed by atoms with Gasteiger partial charge in [0.15, 0.2) is 0 Å². The van der Waals surface area contributed by atoms with Crippen molar-refractivity contribution >= 4 is 17.5 Å². The molecule has 0 spiro atoms. The van der Waals surface area contributed by atoms with E-state index in [1.54, 1.807) is 31.2 Å². The summed E-state index contributed by atoms with van der Waals surface area (Å²) in [5.41, 5.74) is 0.583. The number of aryl methyl sites for hydroxylation is 1. The van der Waals surface area contributed by atoms with Gasteiger partial charge in [0.2, 0.25) is 0 Å². The Kier molecular flexibility index (Phi) is 5.18. The minimum atomic E-state index is -0.699. The first-order valence-electron chi connectivity index (χ1n) is 8.39. The number of carbonyl (C=O) groups is 2. The molecule has 136 valence electrons. The fraction of sp³-hybridized carbons (Fsp3) is 0.316. The number of amides is 2. The van der Waals surface area contributed by atoms with Crippen molar-refractivity contribution in [3.63, 3.8) is 0 Å². The average molecular weight is 356 g/mol. The van der Waals surface area contributed by atoms with E-state index >= 15 is 0 Å². The molecule has 26 heavy (non-hydrogen) atoms. The molecule has 1 aromatic carbocycles. The highest BCUT2D eigenvalue weighted by atomic mass is 16.5. The van der Waals surface area contributed by atoms with E-state index in [9.17, 15) is 14.4 Å². The van der Waals surface area contributed by atoms with Crippen LogP contribution in [0.2, 0.25) is 0 Å². The molecule has 1 atom stereocenters. The molecule has 2 aromatic rings. The van der Waals surface area contributed by atoms with Gasteiger partial charge in [0, 0.05) is 24.9 Å². The molecular formula is C19H20N2O5. The number of rotatable bonds is 4. The lowest BCUT2D eigenvalue weighted by Gasteiger charge is -2.11. The molecule has 7 nitrogen and oxygen atoms in total. The summed E-state index contributed by atoms with van der Waals surface area (Å²) in [5.74, 6) is -0.398. The lowest BCUT2D eigenvalue weighted by atomic mass is 10.1. The molecule has 0 bridgehead atoms. The average Bonchev–Trinajstić information content (AvgIpc) is 3.15. The maximum atomic E-state index is 12.5. The van der Waals surface area contributed by atoms with E-state index in [2.05, 4.69) is 10.6 Å². The number of hydrogen-bond acceptors (Lipinski definition) is 5. The largest absolute Gasteiger partial charge is 0.424 e. The summed E-state index contributed by atoms with van der Waals surface area (Å²) in [5, 5.41) is 5.15. The highest BCUT2D eigenvalue weighted by Crippen LogP contribution is 2.28. The molecule has 0 aliphatic carbocycles. The monoisotopic (exact) mass is 356 g/mol. The first-order chi connectivity index (χ1) is 12.5. The lowest BCUT2D eigenvalue weighted by molar-refractivity contribution is 0.0895. The Morgan fingerprint density at radius 3 is 2.65 bits per heavy atom. The number of anilines is 1. The van der Waals surface area contributed by atoms with Crippen molar-refractivity contribution in [1.29, 1.82) is 0 Å². The van der Waals surface area contributed by atoms with Crippen LogP contribution in [-0.2, 0) is 4.74 Å². The van der Waals surface area contributed by atoms with E-state index in [0.717, 1.165) is 12.8 Å². The molecule has 1 fully saturated rings. The zero-order valence-corrected chi connectivity index (χ0v) is 14.6. The van der Waals surface area contributed by atoms with Crippen molar-refractivity contribution in [2.24, 2.45) is 0 Å². The summed E-state index contributed by atoms with van der Waals surface area (Å²) in [6.07, 6.45) is 1.47. The number of hydrogen-bond donors (Lipinski definition) is 2. The van der Waals surface area contributed by atoms with Crippen LogP contribution in [-0.4, -0.2) is 25.5 Å². The third-order valence-corrected chi connectivity index (χ3v) is 4.25. The van der Waals surface area contributed by atoms with Crippen molar-refractivity contribution in [2.45, 2.75) is 25.9 Å². The second kappa shape index (κ2) is 7.53. The topological polar surface area (TPSA) is 97.6 Å². The molecule has 2 amide bonds. The zero-order chi connectivity index (χ0) is 18.7. The van der Waals surface area contributed by atoms with Crippen LogP contribution in [0, 0.1) is 6.92 Å². The molecule has 2 N–H and O–H groups in total. The van der Waals surface area contributed by atoms with E-state index < -0.39 is 11.5 Å². The molecule has 7 heteroatoms. The third-order valence-electron chi connectivity index (χ3n) is 4.25. The molecule has 2 heterocycles. The third kappa shape index (κ3) is 3.67. The molecule has 1 aromatic heterocycles. The Morgan fingerprint density at radius 2 is 2.00 bits per heavy atom. The summed E-state index contributed by atoms with van der Waals surface area (Å²) >= 11 is 0. The molecule has 0 radical (unpaired) electrons. The standard InChI is InChI=1S/C19H20N2O5/c1-11-9-15(14-7-4-8-25-14)26-19(24)16(11)18(23)21-13-6-3-5-12(10-13)17(22)20-2/h3,5-6,9-10,14H,4,7-8H2,1-2H3,(H,20,22)(H,21,23). The quantitative estimate of drug-likeness (QED) is 0.877. The number of ether oxygens (including phenoxy) is 1. The predicted octanol–water partition coefficient (Wildman–Crippen LogP) is 2.41. The van der Waals surface area contributed by atoms with Gasteiger partial charge in [0.25, 0.3) is 11.8 Å². The van der Waals surface area contributed by atoms with Gasteiger partial charge in [-0.2, -0.15) is 0 Å². The summed E-state index contributed by atoms with van der Waals surface area (Å²) in [6.45, 7) is 2.32. The van der Waals surface area contributed by atoms with Crippen LogP contribution in [0.3, 0.4) is 0 Å². The minimum absolute atomic E-state index is 0.0582. The van der Waals surface area contributed by atoms with E-state index in [0.29, 0.717) is 29.2 Å². The van der Waals surface area contributed by atoms with Crippen molar-refractivity contribution < 1.29 is 18.7 Å². The smallest absolute Gasteiger partial charge is 0.349 e. The van der Waals surface area contributed by atoms with Crippen molar-refractivity contribution in [2.75, 3.05) is 19.0 Å². The molecule has 3 rings (SSSR count). The maximum absolute atomic E-state index is 12.5. The molecule has 1 aliphatic heterocycles. The first-order valence-corrected chi connectivity index (χ1v) is 8.39. The lowest BCUT2D eigenvalue weighted by Crippen LogP contribution is -2.24. The number of benzene rings is 1. The van der Waals surface area contributed by atoms with Gasteiger partial charge in [-0.25, -0.2) is 4.79 Å². The van der Waals surface area contributed by atoms with Crippen LogP contribution in [0.25, 0.3) is 0 Å². The van der Waals surface area contributed by atoms with E-state index in [1.165, 1.54) is 13.1 Å². The van der Waals surface area contributed by atoms with Gasteiger partial charge >= 0.3 is 5.63 Å². The summed E-state index contributed by atoms with van der Waals surface area (Å²) in [6, 6.07) is 8.13. The van der Waals surface area contributed by atoms with Gasteiger partial charge in [-0.05, 0) is 49.6 Å². The van der Waals surface area contributed by atoms with Crippen LogP contribution in [0.1, 0.15) is 51.0 Å². The molecule has 0 saturated carbocycles. The Bertz CT molecular complexity index is 897. The normalized spacial score (nSPS) is 16.3. The highest BCUT2D eigenvalue weighted by Gasteiger charge is 2.24. The van der Waals surface area contributed by atoms with Gasteiger partial charge in [-0.1, -0.05) is 6.07 Å². The Morgan fingerprint density at radius 1 is 1.19 bits per heavy atom. The zero-order valence-electron chi connectivity index (χ0n) is 14.6. The van der Waals surface area contributed by atoms with Gasteiger partial charge < -0.3 is 19.8 Å². The molecule has 1 saturated heterocycles. The van der Waals surface area contributed by atoms with Gasteiger partial charge in [0.1, 0.15) is 17.4 Å². The van der Waals surface area contributed by atoms with E-state index in [-0.39, 0.29) is 17.6 Å². The van der Waals surface area contributed by atoms with Crippen LogP contribution in [0.15, 0.2) is 39.5 Å². The van der Waals surface area contributed by atoms with Crippen LogP contribution >= 0.6 is 0 Å². The van der Waals surface area contributed by atoms with Crippen LogP contribution in [0.4, 0.5) is 5.69 Å². The summed E-state index contributed by atoms with van der Waals surface area (Å²) in [7, 11) is 1.53. The predicted molar refractivity (Wildman–Crippen MR) is 95.4 cm³/mol. The maximum Gasteiger partial charge on any atom is 0.349 e. The fourth-order valence-corrected chi connectivity index (χ4v) is 2.94. The summed E-state index contributed by atoms with van der Waals surface area (Å²) in [4.78, 5) is 36.6. The van der Waals surface area contributed by atoms with Crippen molar-refractivity contribution in [3.05, 3.63) is 63.2 Å². The minimum Gasteiger partial charge on any atom is -0.424 e. The SMILES string of the molecule is CNC(=O)c1cccc(NC(=O)c2c(C)cc(C3CCCO3)oc2=O)c1. The van der Waals surface area contributed by atoms with E-state index in [4.69, 9.17) is 9.15 Å². The number of nitrogens with one attached hydrogen (secondary N) is 2. The fourth-order valence-electron chi connectivity index (χ4n) is 2.94. The van der Waals surface area contributed by atoms with Gasteiger partial charge in [0.05, 0.1) is 0 Å². The Labute approximate surface area is 150 Å².